The van der Waals surface area contributed by atoms with Crippen molar-refractivity contribution in [2.75, 3.05) is 0 Å². The summed E-state index contributed by atoms with van der Waals surface area (Å²) in [7, 11) is 0. The summed E-state index contributed by atoms with van der Waals surface area (Å²) in [5, 5.41) is 0. The first kappa shape index (κ1) is 18.9. The summed E-state index contributed by atoms with van der Waals surface area (Å²) in [6.45, 7) is 0. The number of hydrogen-bond acceptors (Lipinski definition) is 4. The normalized spacial score (nSPS) is 27.8. The fraction of sp³-hybridized carbons (Fsp3) is 1.00. The molecule has 144 valence electrons. The predicted octanol–water partition coefficient (Wildman–Crippen LogP) is 5.64. The van der Waals surface area contributed by atoms with Crippen LogP contribution in [0.2, 0.25) is 0 Å². The molecule has 0 aliphatic heterocycles. The Labute approximate surface area is 158 Å². The molecule has 4 fully saturated rings. The number of hydrogen-bond donors (Lipinski definition) is 0. The molecular weight excluding hydrogens is 352 g/mol. The molecule has 0 radical (unpaired) electrons. The van der Waals surface area contributed by atoms with Gasteiger partial charge in [-0.25, -0.2) is 0 Å². The van der Waals surface area contributed by atoms with Gasteiger partial charge in [0, 0.05) is 0 Å². The summed E-state index contributed by atoms with van der Waals surface area (Å²) in [4.78, 5) is 0. The van der Waals surface area contributed by atoms with Gasteiger partial charge in [0.25, 0.3) is 0 Å². The van der Waals surface area contributed by atoms with E-state index in [1.165, 1.54) is 51.4 Å². The van der Waals surface area contributed by atoms with Crippen molar-refractivity contribution in [2.24, 2.45) is 0 Å². The van der Waals surface area contributed by atoms with E-state index in [1.54, 1.807) is 0 Å². The van der Waals surface area contributed by atoms with Crippen LogP contribution in [0, 0.1) is 0 Å². The van der Waals surface area contributed by atoms with Gasteiger partial charge in [-0.05, 0) is 0 Å². The van der Waals surface area contributed by atoms with E-state index < -0.39 is 18.1 Å². The summed E-state index contributed by atoms with van der Waals surface area (Å²) < 4.78 is 26.8. The summed E-state index contributed by atoms with van der Waals surface area (Å²) in [5.74, 6) is 0. The van der Waals surface area contributed by atoms with Crippen LogP contribution in [0.4, 0.5) is 0 Å². The van der Waals surface area contributed by atoms with Crippen LogP contribution in [0.25, 0.3) is 0 Å². The van der Waals surface area contributed by atoms with Gasteiger partial charge >= 0.3 is 159 Å². The molecule has 0 amide bonds. The Kier molecular flexibility index (Phi) is 6.93. The first-order valence-corrected chi connectivity index (χ1v) is 13.6. The summed E-state index contributed by atoms with van der Waals surface area (Å²) in [5.41, 5.74) is 0. The van der Waals surface area contributed by atoms with Crippen LogP contribution >= 0.6 is 0 Å². The molecule has 5 heteroatoms. The van der Waals surface area contributed by atoms with Crippen LogP contribution in [0.5, 0.6) is 0 Å². The second kappa shape index (κ2) is 9.16. The van der Waals surface area contributed by atoms with E-state index in [2.05, 4.69) is 0 Å². The molecule has 25 heavy (non-hydrogen) atoms. The second-order valence-electron chi connectivity index (χ2n) is 8.60. The van der Waals surface area contributed by atoms with Gasteiger partial charge in [0.05, 0.1) is 0 Å². The van der Waals surface area contributed by atoms with Gasteiger partial charge in [-0.1, -0.05) is 0 Å². The molecule has 0 bridgehead atoms. The molecule has 0 atom stereocenters. The van der Waals surface area contributed by atoms with Crippen molar-refractivity contribution in [3.8, 4) is 0 Å². The Bertz CT molecular complexity index is 317. The van der Waals surface area contributed by atoms with Crippen LogP contribution in [0.1, 0.15) is 103 Å². The van der Waals surface area contributed by atoms with Gasteiger partial charge in [0.2, 0.25) is 0 Å². The quantitative estimate of drug-likeness (QED) is 0.505. The van der Waals surface area contributed by atoms with Crippen LogP contribution in [-0.2, 0) is 31.4 Å². The predicted molar refractivity (Wildman–Crippen MR) is 93.4 cm³/mol. The second-order valence-corrected chi connectivity index (χ2v) is 11.6. The standard InChI is InChI=1S/4C5H9O.Ti/c4*6-5-3-1-2-4-5;/h4*5H,1-4H2;/q4*-1;+4. The molecule has 4 rings (SSSR count). The van der Waals surface area contributed by atoms with E-state index in [9.17, 15) is 0 Å². The monoisotopic (exact) mass is 388 g/mol. The van der Waals surface area contributed by atoms with Crippen molar-refractivity contribution < 1.29 is 31.4 Å². The molecule has 0 heterocycles. The molecule has 4 saturated carbocycles. The molecular formula is C20H36O4Ti. The van der Waals surface area contributed by atoms with E-state index in [4.69, 9.17) is 13.3 Å². The van der Waals surface area contributed by atoms with E-state index in [0.29, 0.717) is 24.4 Å². The molecule has 0 unspecified atom stereocenters. The molecule has 0 N–H and O–H groups in total. The first-order valence-electron chi connectivity index (χ1n) is 11.0. The fourth-order valence-electron chi connectivity index (χ4n) is 5.01. The molecule has 0 spiro atoms. The molecule has 4 aliphatic rings. The van der Waals surface area contributed by atoms with Crippen molar-refractivity contribution in [1.29, 1.82) is 0 Å². The first-order chi connectivity index (χ1) is 12.3. The van der Waals surface area contributed by atoms with Gasteiger partial charge in [-0.2, -0.15) is 0 Å². The van der Waals surface area contributed by atoms with Crippen LogP contribution < -0.4 is 0 Å². The SMILES string of the molecule is C1CCC([O][Ti]([O]C2CCCC2)([O]C2CCCC2)[O]C2CCCC2)C1. The Morgan fingerprint density at radius 2 is 0.560 bits per heavy atom. The van der Waals surface area contributed by atoms with Crippen LogP contribution in [0.15, 0.2) is 0 Å². The Hall–Kier alpha value is 0.554. The zero-order valence-corrected chi connectivity index (χ0v) is 17.3. The van der Waals surface area contributed by atoms with Crippen molar-refractivity contribution >= 4 is 0 Å². The summed E-state index contributed by atoms with van der Waals surface area (Å²) in [6.07, 6.45) is 20.7. The zero-order chi connectivity index (χ0) is 17.0. The van der Waals surface area contributed by atoms with Crippen molar-refractivity contribution in [2.45, 2.75) is 127 Å². The number of rotatable bonds is 8. The van der Waals surface area contributed by atoms with Crippen LogP contribution in [0.3, 0.4) is 0 Å². The third kappa shape index (κ3) is 5.30. The van der Waals surface area contributed by atoms with Crippen LogP contribution in [-0.4, -0.2) is 24.4 Å². The Morgan fingerprint density at radius 3 is 0.760 bits per heavy atom. The van der Waals surface area contributed by atoms with E-state index in [-0.39, 0.29) is 0 Å². The fourth-order valence-corrected chi connectivity index (χ4v) is 9.55. The minimum atomic E-state index is -3.69. The molecule has 0 aromatic heterocycles. The molecule has 0 saturated heterocycles. The molecule has 0 aromatic rings. The minimum absolute atomic E-state index is 0.309. The topological polar surface area (TPSA) is 36.9 Å². The van der Waals surface area contributed by atoms with E-state index in [1.807, 2.05) is 0 Å². The molecule has 0 aromatic carbocycles. The van der Waals surface area contributed by atoms with Gasteiger partial charge in [0.1, 0.15) is 0 Å². The maximum atomic E-state index is 6.71. The maximum absolute atomic E-state index is 6.71. The Balaban J connectivity index is 1.50. The van der Waals surface area contributed by atoms with Gasteiger partial charge in [-0.3, -0.25) is 0 Å². The van der Waals surface area contributed by atoms with Gasteiger partial charge in [-0.15, -0.1) is 0 Å². The van der Waals surface area contributed by atoms with Crippen molar-refractivity contribution in [1.82, 2.24) is 0 Å². The van der Waals surface area contributed by atoms with Crippen molar-refractivity contribution in [3.05, 3.63) is 0 Å². The average molecular weight is 388 g/mol. The third-order valence-electron chi connectivity index (χ3n) is 6.45. The molecule has 4 aliphatic carbocycles. The summed E-state index contributed by atoms with van der Waals surface area (Å²) in [6, 6.07) is 0. The van der Waals surface area contributed by atoms with Crippen molar-refractivity contribution in [3.63, 3.8) is 0 Å². The van der Waals surface area contributed by atoms with Gasteiger partial charge < -0.3 is 0 Å². The summed E-state index contributed by atoms with van der Waals surface area (Å²) >= 11 is -3.69. The van der Waals surface area contributed by atoms with E-state index in [0.717, 1.165) is 51.4 Å². The van der Waals surface area contributed by atoms with E-state index >= 15 is 0 Å². The average Bonchev–Trinajstić information content (AvgIpc) is 3.37. The zero-order valence-electron chi connectivity index (χ0n) is 15.8. The molecule has 4 nitrogen and oxygen atoms in total. The van der Waals surface area contributed by atoms with Gasteiger partial charge in [0.15, 0.2) is 0 Å². The third-order valence-corrected chi connectivity index (χ3v) is 10.3. The Morgan fingerprint density at radius 1 is 0.360 bits per heavy atom.